The molecule has 1 amide bonds. The molecule has 1 aliphatic carbocycles. The molecule has 0 radical (unpaired) electrons. The second-order valence-corrected chi connectivity index (χ2v) is 9.33. The van der Waals surface area contributed by atoms with Gasteiger partial charge >= 0.3 is 0 Å². The van der Waals surface area contributed by atoms with Gasteiger partial charge < -0.3 is 15.5 Å². The number of pyridine rings is 1. The molecule has 35 heavy (non-hydrogen) atoms. The Hall–Kier alpha value is -3.40. The van der Waals surface area contributed by atoms with E-state index in [1.807, 2.05) is 13.0 Å². The zero-order valence-corrected chi connectivity index (χ0v) is 19.8. The van der Waals surface area contributed by atoms with Crippen molar-refractivity contribution in [3.63, 3.8) is 0 Å². The van der Waals surface area contributed by atoms with Crippen molar-refractivity contribution in [1.82, 2.24) is 30.2 Å². The molecule has 10 heteroatoms. The number of nitrogens with zero attached hydrogens (tertiary/aromatic N) is 5. The number of aromatic nitrogens is 4. The number of rotatable bonds is 7. The molecule has 2 aromatic heterocycles. The van der Waals surface area contributed by atoms with E-state index in [4.69, 9.17) is 0 Å². The molecule has 2 unspecified atom stereocenters. The first-order valence-electron chi connectivity index (χ1n) is 12.0. The van der Waals surface area contributed by atoms with E-state index in [2.05, 4.69) is 30.8 Å². The third kappa shape index (κ3) is 5.17. The van der Waals surface area contributed by atoms with Crippen molar-refractivity contribution in [3.05, 3.63) is 53.7 Å². The lowest BCUT2D eigenvalue weighted by Gasteiger charge is -2.34. The molecular formula is C25H29F2N7O. The quantitative estimate of drug-likeness (QED) is 0.537. The van der Waals surface area contributed by atoms with Gasteiger partial charge in [-0.3, -0.25) is 9.78 Å². The smallest absolute Gasteiger partial charge is 0.254 e. The van der Waals surface area contributed by atoms with E-state index >= 15 is 0 Å². The summed E-state index contributed by atoms with van der Waals surface area (Å²) >= 11 is 0. The second-order valence-electron chi connectivity index (χ2n) is 9.33. The Morgan fingerprint density at radius 3 is 2.77 bits per heavy atom. The number of nitrogens with one attached hydrogen (secondary N) is 2. The van der Waals surface area contributed by atoms with Crippen molar-refractivity contribution in [2.24, 2.45) is 0 Å². The van der Waals surface area contributed by atoms with Crippen LogP contribution in [0, 0.1) is 12.7 Å². The number of hydrogen-bond donors (Lipinski definition) is 2. The lowest BCUT2D eigenvalue weighted by Crippen LogP contribution is -2.47. The highest BCUT2D eigenvalue weighted by atomic mass is 19.1. The SMILES string of the molecule is CCN1CCC(Nc2cncc(-c3cn(-c4cc(C(=O)NC5CC5)c(F)cc4C)nn3)c2)C(F)C1. The minimum absolute atomic E-state index is 0.0164. The van der Waals surface area contributed by atoms with Gasteiger partial charge in [0.05, 0.1) is 29.2 Å². The zero-order valence-electron chi connectivity index (χ0n) is 19.8. The van der Waals surface area contributed by atoms with Gasteiger partial charge in [0, 0.05) is 37.1 Å². The van der Waals surface area contributed by atoms with Gasteiger partial charge in [-0.05, 0) is 56.5 Å². The first kappa shape index (κ1) is 23.3. The molecule has 2 N–H and O–H groups in total. The summed E-state index contributed by atoms with van der Waals surface area (Å²) in [4.78, 5) is 18.9. The van der Waals surface area contributed by atoms with Crippen molar-refractivity contribution in [1.29, 1.82) is 0 Å². The van der Waals surface area contributed by atoms with Crippen LogP contribution in [-0.4, -0.2) is 68.7 Å². The summed E-state index contributed by atoms with van der Waals surface area (Å²) in [6.07, 6.45) is 6.65. The molecule has 1 saturated heterocycles. The molecule has 0 spiro atoms. The number of hydrogen-bond acceptors (Lipinski definition) is 6. The van der Waals surface area contributed by atoms with Crippen LogP contribution in [0.5, 0.6) is 0 Å². The van der Waals surface area contributed by atoms with Crippen LogP contribution in [-0.2, 0) is 0 Å². The predicted octanol–water partition coefficient (Wildman–Crippen LogP) is 3.51. The lowest BCUT2D eigenvalue weighted by molar-refractivity contribution is 0.0947. The summed E-state index contributed by atoms with van der Waals surface area (Å²) in [5.74, 6) is -0.992. The maximum Gasteiger partial charge on any atom is 0.254 e. The number of benzene rings is 1. The van der Waals surface area contributed by atoms with Crippen molar-refractivity contribution in [2.45, 2.75) is 51.4 Å². The molecule has 0 bridgehead atoms. The topological polar surface area (TPSA) is 88.0 Å². The molecular weight excluding hydrogens is 452 g/mol. The van der Waals surface area contributed by atoms with Crippen LogP contribution in [0.25, 0.3) is 16.9 Å². The monoisotopic (exact) mass is 481 g/mol. The molecule has 1 saturated carbocycles. The minimum Gasteiger partial charge on any atom is -0.378 e. The predicted molar refractivity (Wildman–Crippen MR) is 129 cm³/mol. The van der Waals surface area contributed by atoms with Gasteiger partial charge in [-0.1, -0.05) is 12.1 Å². The van der Waals surface area contributed by atoms with E-state index in [0.717, 1.165) is 32.4 Å². The van der Waals surface area contributed by atoms with Gasteiger partial charge in [0.25, 0.3) is 5.91 Å². The van der Waals surface area contributed by atoms with Crippen molar-refractivity contribution >= 4 is 11.6 Å². The third-order valence-electron chi connectivity index (χ3n) is 6.64. The summed E-state index contributed by atoms with van der Waals surface area (Å²) in [6, 6.07) is 4.56. The van der Waals surface area contributed by atoms with E-state index < -0.39 is 17.9 Å². The van der Waals surface area contributed by atoms with Crippen LogP contribution >= 0.6 is 0 Å². The highest BCUT2D eigenvalue weighted by Gasteiger charge is 2.29. The Morgan fingerprint density at radius 2 is 2.03 bits per heavy atom. The normalized spacial score (nSPS) is 20.6. The lowest BCUT2D eigenvalue weighted by atomic mass is 10.0. The van der Waals surface area contributed by atoms with Crippen LogP contribution in [0.1, 0.15) is 42.1 Å². The van der Waals surface area contributed by atoms with Crippen molar-refractivity contribution < 1.29 is 13.6 Å². The standard InChI is InChI=1S/C25H29F2N7O/c1-3-33-7-6-22(21(27)13-33)29-18-9-16(11-28-12-18)23-14-34(32-31-23)24-10-19(20(26)8-15(24)2)25(35)30-17-4-5-17/h8-12,14,17,21-22,29H,3-7,13H2,1-2H3,(H,30,35). The van der Waals surface area contributed by atoms with Gasteiger partial charge in [0.2, 0.25) is 0 Å². The Bertz CT molecular complexity index is 1230. The van der Waals surface area contributed by atoms with Gasteiger partial charge in [-0.15, -0.1) is 5.10 Å². The fourth-order valence-corrected chi connectivity index (χ4v) is 4.38. The second kappa shape index (κ2) is 9.69. The number of amides is 1. The number of halogens is 2. The molecule has 2 atom stereocenters. The Morgan fingerprint density at radius 1 is 1.20 bits per heavy atom. The molecule has 2 fully saturated rings. The third-order valence-corrected chi connectivity index (χ3v) is 6.64. The Labute approximate surface area is 202 Å². The number of likely N-dealkylation sites (tertiary alicyclic amines) is 1. The van der Waals surface area contributed by atoms with E-state index in [0.29, 0.717) is 34.7 Å². The van der Waals surface area contributed by atoms with Gasteiger partial charge in [-0.2, -0.15) is 0 Å². The van der Waals surface area contributed by atoms with E-state index in [-0.39, 0.29) is 17.6 Å². The van der Waals surface area contributed by atoms with Gasteiger partial charge in [-0.25, -0.2) is 13.5 Å². The van der Waals surface area contributed by atoms with Crippen LogP contribution in [0.2, 0.25) is 0 Å². The van der Waals surface area contributed by atoms with Gasteiger partial charge in [0.1, 0.15) is 17.7 Å². The van der Waals surface area contributed by atoms with Crippen LogP contribution in [0.15, 0.2) is 36.8 Å². The largest absolute Gasteiger partial charge is 0.378 e. The molecule has 8 nitrogen and oxygen atoms in total. The first-order valence-corrected chi connectivity index (χ1v) is 12.0. The van der Waals surface area contributed by atoms with E-state index in [9.17, 15) is 13.6 Å². The first-order chi connectivity index (χ1) is 16.9. The number of anilines is 1. The molecule has 3 aromatic rings. The highest BCUT2D eigenvalue weighted by Crippen LogP contribution is 2.26. The molecule has 1 aliphatic heterocycles. The summed E-state index contributed by atoms with van der Waals surface area (Å²) in [6.45, 7) is 5.92. The average molecular weight is 482 g/mol. The van der Waals surface area contributed by atoms with Crippen molar-refractivity contribution in [3.8, 4) is 16.9 Å². The average Bonchev–Trinajstić information content (AvgIpc) is 3.52. The van der Waals surface area contributed by atoms with E-state index in [1.54, 1.807) is 25.5 Å². The minimum atomic E-state index is -0.957. The van der Waals surface area contributed by atoms with E-state index in [1.165, 1.54) is 16.8 Å². The summed E-state index contributed by atoms with van der Waals surface area (Å²) in [7, 11) is 0. The fourth-order valence-electron chi connectivity index (χ4n) is 4.38. The van der Waals surface area contributed by atoms with Crippen LogP contribution < -0.4 is 10.6 Å². The van der Waals surface area contributed by atoms with Crippen molar-refractivity contribution in [2.75, 3.05) is 25.0 Å². The van der Waals surface area contributed by atoms with Gasteiger partial charge in [0.15, 0.2) is 0 Å². The summed E-state index contributed by atoms with van der Waals surface area (Å²) in [5, 5.41) is 14.5. The van der Waals surface area contributed by atoms with Crippen LogP contribution in [0.4, 0.5) is 14.5 Å². The number of carbonyl (C=O) groups is 1. The number of alkyl halides is 1. The number of carbonyl (C=O) groups excluding carboxylic acids is 1. The van der Waals surface area contributed by atoms with Crippen LogP contribution in [0.3, 0.4) is 0 Å². The number of piperidine rings is 1. The summed E-state index contributed by atoms with van der Waals surface area (Å²) < 4.78 is 30.6. The Balaban J connectivity index is 1.35. The Kier molecular flexibility index (Phi) is 6.46. The fraction of sp³-hybridized carbons (Fsp3) is 0.440. The zero-order chi connectivity index (χ0) is 24.5. The highest BCUT2D eigenvalue weighted by molar-refractivity contribution is 5.95. The molecule has 184 valence electrons. The number of aryl methyl sites for hydroxylation is 1. The maximum absolute atomic E-state index is 14.6. The maximum atomic E-state index is 14.6. The molecule has 1 aromatic carbocycles. The molecule has 2 aliphatic rings. The molecule has 3 heterocycles. The summed E-state index contributed by atoms with van der Waals surface area (Å²) in [5.41, 5.74) is 3.17. The molecule has 5 rings (SSSR count).